The lowest BCUT2D eigenvalue weighted by Gasteiger charge is -2.03. The molecule has 6 nitrogen and oxygen atoms in total. The number of aryl methyl sites for hydroxylation is 1. The normalized spacial score (nSPS) is 11.3. The fourth-order valence-electron chi connectivity index (χ4n) is 3.22. The Balaban J connectivity index is 1.47. The third kappa shape index (κ3) is 2.71. The largest absolute Gasteiger partial charge is 0.426 e. The van der Waals surface area contributed by atoms with Gasteiger partial charge in [-0.15, -0.1) is 0 Å². The molecule has 3 aromatic heterocycles. The smallest absolute Gasteiger partial charge is 0.300 e. The van der Waals surface area contributed by atoms with E-state index in [1.807, 2.05) is 65.3 Å². The second kappa shape index (κ2) is 6.25. The highest BCUT2D eigenvalue weighted by atomic mass is 16.5. The Morgan fingerprint density at radius 2 is 1.85 bits per heavy atom. The SMILES string of the molecule is CCn1nc(-c2ccc(Oc3nc4ccccc4[nH]3)cc2)c2ncccc21. The van der Waals surface area contributed by atoms with Crippen LogP contribution < -0.4 is 4.74 Å². The minimum absolute atomic E-state index is 0.478. The van der Waals surface area contributed by atoms with E-state index >= 15 is 0 Å². The molecule has 27 heavy (non-hydrogen) atoms. The number of rotatable bonds is 4. The summed E-state index contributed by atoms with van der Waals surface area (Å²) in [4.78, 5) is 12.1. The Labute approximate surface area is 155 Å². The van der Waals surface area contributed by atoms with Gasteiger partial charge in [0.2, 0.25) is 0 Å². The van der Waals surface area contributed by atoms with Crippen LogP contribution in [0, 0.1) is 0 Å². The van der Waals surface area contributed by atoms with Gasteiger partial charge in [0, 0.05) is 18.3 Å². The number of fused-ring (bicyclic) bond motifs is 2. The molecule has 0 bridgehead atoms. The molecular formula is C21H17N5O. The maximum Gasteiger partial charge on any atom is 0.300 e. The van der Waals surface area contributed by atoms with Gasteiger partial charge in [-0.2, -0.15) is 10.1 Å². The summed E-state index contributed by atoms with van der Waals surface area (Å²) in [5, 5.41) is 4.72. The molecule has 0 aliphatic carbocycles. The van der Waals surface area contributed by atoms with Gasteiger partial charge in [0.15, 0.2) is 0 Å². The van der Waals surface area contributed by atoms with Gasteiger partial charge < -0.3 is 9.72 Å². The molecule has 1 N–H and O–H groups in total. The van der Waals surface area contributed by atoms with Gasteiger partial charge in [-0.25, -0.2) is 0 Å². The van der Waals surface area contributed by atoms with E-state index in [-0.39, 0.29) is 0 Å². The van der Waals surface area contributed by atoms with Crippen LogP contribution in [0.5, 0.6) is 11.8 Å². The number of benzene rings is 2. The van der Waals surface area contributed by atoms with Gasteiger partial charge >= 0.3 is 0 Å². The first-order valence-corrected chi connectivity index (χ1v) is 8.86. The molecule has 0 aliphatic heterocycles. The van der Waals surface area contributed by atoms with E-state index in [1.54, 1.807) is 6.20 Å². The molecule has 2 aromatic carbocycles. The van der Waals surface area contributed by atoms with Crippen molar-refractivity contribution in [1.82, 2.24) is 24.7 Å². The maximum absolute atomic E-state index is 5.86. The predicted molar refractivity (Wildman–Crippen MR) is 105 cm³/mol. The summed E-state index contributed by atoms with van der Waals surface area (Å²) < 4.78 is 7.83. The second-order valence-electron chi connectivity index (χ2n) is 6.22. The van der Waals surface area contributed by atoms with Crippen molar-refractivity contribution in [3.05, 3.63) is 66.9 Å². The molecule has 5 rings (SSSR count). The number of ether oxygens (including phenoxy) is 1. The molecular weight excluding hydrogens is 338 g/mol. The number of aromatic amines is 1. The van der Waals surface area contributed by atoms with E-state index in [4.69, 9.17) is 9.84 Å². The quantitative estimate of drug-likeness (QED) is 0.503. The molecule has 3 heterocycles. The first-order chi connectivity index (χ1) is 13.3. The fraction of sp³-hybridized carbons (Fsp3) is 0.0952. The van der Waals surface area contributed by atoms with Crippen molar-refractivity contribution >= 4 is 22.1 Å². The van der Waals surface area contributed by atoms with Crippen LogP contribution in [-0.4, -0.2) is 24.7 Å². The van der Waals surface area contributed by atoms with Crippen LogP contribution in [0.1, 0.15) is 6.92 Å². The van der Waals surface area contributed by atoms with E-state index in [2.05, 4.69) is 21.9 Å². The van der Waals surface area contributed by atoms with Crippen molar-refractivity contribution < 1.29 is 4.74 Å². The zero-order valence-electron chi connectivity index (χ0n) is 14.8. The topological polar surface area (TPSA) is 68.6 Å². The highest BCUT2D eigenvalue weighted by Crippen LogP contribution is 2.29. The number of para-hydroxylation sites is 2. The molecule has 0 unspecified atom stereocenters. The molecule has 0 aliphatic rings. The van der Waals surface area contributed by atoms with Crippen LogP contribution in [0.3, 0.4) is 0 Å². The summed E-state index contributed by atoms with van der Waals surface area (Å²) in [6.07, 6.45) is 1.80. The number of H-pyrrole nitrogens is 1. The monoisotopic (exact) mass is 355 g/mol. The fourth-order valence-corrected chi connectivity index (χ4v) is 3.22. The summed E-state index contributed by atoms with van der Waals surface area (Å²) >= 11 is 0. The average Bonchev–Trinajstić information content (AvgIpc) is 3.29. The van der Waals surface area contributed by atoms with Crippen molar-refractivity contribution in [3.8, 4) is 23.0 Å². The Hall–Kier alpha value is -3.67. The number of nitrogens with one attached hydrogen (secondary N) is 1. The van der Waals surface area contributed by atoms with Crippen molar-refractivity contribution in [3.63, 3.8) is 0 Å². The molecule has 132 valence electrons. The highest BCUT2D eigenvalue weighted by molar-refractivity contribution is 5.89. The number of imidazole rings is 1. The van der Waals surface area contributed by atoms with E-state index in [0.717, 1.165) is 39.9 Å². The summed E-state index contributed by atoms with van der Waals surface area (Å²) in [5.74, 6) is 0.713. The zero-order valence-corrected chi connectivity index (χ0v) is 14.8. The van der Waals surface area contributed by atoms with Crippen LogP contribution in [0.2, 0.25) is 0 Å². The summed E-state index contributed by atoms with van der Waals surface area (Å²) in [7, 11) is 0. The molecule has 0 fully saturated rings. The third-order valence-corrected chi connectivity index (χ3v) is 4.52. The van der Waals surface area contributed by atoms with E-state index in [9.17, 15) is 0 Å². The van der Waals surface area contributed by atoms with Crippen LogP contribution in [0.15, 0.2) is 66.9 Å². The van der Waals surface area contributed by atoms with Crippen LogP contribution >= 0.6 is 0 Å². The Morgan fingerprint density at radius 3 is 2.67 bits per heavy atom. The second-order valence-corrected chi connectivity index (χ2v) is 6.22. The van der Waals surface area contributed by atoms with Crippen molar-refractivity contribution in [2.45, 2.75) is 13.5 Å². The first-order valence-electron chi connectivity index (χ1n) is 8.86. The lowest BCUT2D eigenvalue weighted by atomic mass is 10.1. The lowest BCUT2D eigenvalue weighted by Crippen LogP contribution is -1.95. The molecule has 0 amide bonds. The molecule has 0 radical (unpaired) electrons. The number of pyridine rings is 1. The standard InChI is InChI=1S/C21H17N5O/c1-2-26-18-8-5-13-22-20(18)19(25-26)14-9-11-15(12-10-14)27-21-23-16-6-3-4-7-17(16)24-21/h3-13H,2H2,1H3,(H,23,24). The molecule has 5 aromatic rings. The van der Waals surface area contributed by atoms with E-state index in [0.29, 0.717) is 11.8 Å². The average molecular weight is 355 g/mol. The van der Waals surface area contributed by atoms with Crippen LogP contribution in [0.4, 0.5) is 0 Å². The van der Waals surface area contributed by atoms with Crippen molar-refractivity contribution in [2.75, 3.05) is 0 Å². The molecule has 0 spiro atoms. The number of hydrogen-bond acceptors (Lipinski definition) is 4. The number of aromatic nitrogens is 5. The minimum atomic E-state index is 0.478. The molecule has 6 heteroatoms. The van der Waals surface area contributed by atoms with Gasteiger partial charge in [0.1, 0.15) is 17.0 Å². The Bertz CT molecular complexity index is 1200. The Kier molecular flexibility index (Phi) is 3.60. The van der Waals surface area contributed by atoms with Crippen molar-refractivity contribution in [2.24, 2.45) is 0 Å². The highest BCUT2D eigenvalue weighted by Gasteiger charge is 2.13. The van der Waals surface area contributed by atoms with Gasteiger partial charge in [-0.1, -0.05) is 12.1 Å². The van der Waals surface area contributed by atoms with Gasteiger partial charge in [0.25, 0.3) is 6.01 Å². The van der Waals surface area contributed by atoms with Gasteiger partial charge in [-0.3, -0.25) is 9.67 Å². The number of nitrogens with zero attached hydrogens (tertiary/aromatic N) is 4. The summed E-state index contributed by atoms with van der Waals surface area (Å²) in [6, 6.07) is 20.1. The Morgan fingerprint density at radius 1 is 1.00 bits per heavy atom. The zero-order chi connectivity index (χ0) is 18.2. The minimum Gasteiger partial charge on any atom is -0.426 e. The predicted octanol–water partition coefficient (Wildman–Crippen LogP) is 4.79. The van der Waals surface area contributed by atoms with E-state index in [1.165, 1.54) is 0 Å². The summed E-state index contributed by atoms with van der Waals surface area (Å²) in [5.41, 5.74) is 5.66. The van der Waals surface area contributed by atoms with Crippen LogP contribution in [-0.2, 0) is 6.54 Å². The maximum atomic E-state index is 5.86. The number of hydrogen-bond donors (Lipinski definition) is 1. The third-order valence-electron chi connectivity index (χ3n) is 4.52. The lowest BCUT2D eigenvalue weighted by molar-refractivity contribution is 0.449. The molecule has 0 saturated carbocycles. The van der Waals surface area contributed by atoms with Crippen LogP contribution in [0.25, 0.3) is 33.3 Å². The molecule has 0 saturated heterocycles. The first kappa shape index (κ1) is 15.6. The van der Waals surface area contributed by atoms with Gasteiger partial charge in [-0.05, 0) is 55.5 Å². The molecule has 0 atom stereocenters. The summed E-state index contributed by atoms with van der Waals surface area (Å²) in [6.45, 7) is 2.88. The van der Waals surface area contributed by atoms with Crippen molar-refractivity contribution in [1.29, 1.82) is 0 Å². The van der Waals surface area contributed by atoms with Gasteiger partial charge in [0.05, 0.1) is 16.6 Å². The van der Waals surface area contributed by atoms with E-state index < -0.39 is 0 Å².